The first kappa shape index (κ1) is 33.6. The standard InChI is InChI=1S/C12H15N3OS.C11H19NO.2C2H6/c1-4-10(8-13-5-2)6-11(16)15-12-14-7-9(3)17-12;1-6-10-12-7-9(13-10)11(4,5)8(2)3;2*1-2/h4-5,7-8H,2,6H2,1,3H3,(H,14,15,16);7-8H,6H2,1-5H3;2*1-2H3/b10-4-,13-8?;;;. The Kier molecular flexibility index (Phi) is 18.6. The highest BCUT2D eigenvalue weighted by Gasteiger charge is 2.28. The summed E-state index contributed by atoms with van der Waals surface area (Å²) in [6, 6.07) is 0. The summed E-state index contributed by atoms with van der Waals surface area (Å²) in [6.07, 6.45) is 9.65. The van der Waals surface area contributed by atoms with Crippen LogP contribution in [0.15, 0.2) is 46.2 Å². The van der Waals surface area contributed by atoms with Gasteiger partial charge in [0.05, 0.1) is 12.6 Å². The summed E-state index contributed by atoms with van der Waals surface area (Å²) in [5.41, 5.74) is 0.927. The molecular formula is C27H46N4O2S. The number of hydrogen-bond donors (Lipinski definition) is 1. The molecular weight excluding hydrogens is 444 g/mol. The van der Waals surface area contributed by atoms with Crippen molar-refractivity contribution in [1.29, 1.82) is 0 Å². The van der Waals surface area contributed by atoms with Crippen molar-refractivity contribution < 1.29 is 9.21 Å². The molecule has 0 saturated carbocycles. The molecule has 0 atom stereocenters. The van der Waals surface area contributed by atoms with Crippen LogP contribution in [0.2, 0.25) is 0 Å². The van der Waals surface area contributed by atoms with Crippen LogP contribution in [0.5, 0.6) is 0 Å². The van der Waals surface area contributed by atoms with Gasteiger partial charge in [0.1, 0.15) is 5.76 Å². The summed E-state index contributed by atoms with van der Waals surface area (Å²) in [6.45, 7) is 26.1. The third-order valence-corrected chi connectivity index (χ3v) is 5.71. The lowest BCUT2D eigenvalue weighted by molar-refractivity contribution is -0.115. The Morgan fingerprint density at radius 1 is 1.24 bits per heavy atom. The number of rotatable bonds is 8. The lowest BCUT2D eigenvalue weighted by atomic mass is 9.79. The van der Waals surface area contributed by atoms with E-state index in [1.807, 2.05) is 53.8 Å². The molecule has 0 aromatic carbocycles. The Morgan fingerprint density at radius 2 is 1.85 bits per heavy atom. The molecule has 0 aliphatic carbocycles. The van der Waals surface area contributed by atoms with Gasteiger partial charge in [-0.3, -0.25) is 9.79 Å². The molecule has 1 amide bonds. The zero-order valence-corrected chi connectivity index (χ0v) is 24.0. The minimum absolute atomic E-state index is 0.0837. The van der Waals surface area contributed by atoms with Gasteiger partial charge < -0.3 is 9.73 Å². The minimum Gasteiger partial charge on any atom is -0.445 e. The normalized spacial score (nSPS) is 11.0. The predicted octanol–water partition coefficient (Wildman–Crippen LogP) is 8.16. The topological polar surface area (TPSA) is 80.4 Å². The van der Waals surface area contributed by atoms with Crippen LogP contribution < -0.4 is 5.32 Å². The average Bonchev–Trinajstić information content (AvgIpc) is 3.49. The molecule has 1 N–H and O–H groups in total. The van der Waals surface area contributed by atoms with E-state index in [9.17, 15) is 4.79 Å². The molecule has 34 heavy (non-hydrogen) atoms. The fraction of sp³-hybridized carbons (Fsp3) is 0.556. The van der Waals surface area contributed by atoms with Crippen LogP contribution in [0, 0.1) is 12.8 Å². The van der Waals surface area contributed by atoms with Crippen molar-refractivity contribution >= 4 is 28.6 Å². The molecule has 0 radical (unpaired) electrons. The Morgan fingerprint density at radius 3 is 2.26 bits per heavy atom. The predicted molar refractivity (Wildman–Crippen MR) is 149 cm³/mol. The first-order valence-electron chi connectivity index (χ1n) is 12.1. The number of aromatic nitrogens is 2. The maximum atomic E-state index is 11.7. The zero-order chi connectivity index (χ0) is 26.7. The van der Waals surface area contributed by atoms with Gasteiger partial charge in [0.15, 0.2) is 11.0 Å². The van der Waals surface area contributed by atoms with E-state index in [0.717, 1.165) is 28.5 Å². The lowest BCUT2D eigenvalue weighted by Gasteiger charge is -2.25. The molecule has 2 heterocycles. The molecule has 0 aliphatic rings. The van der Waals surface area contributed by atoms with Crippen LogP contribution in [-0.4, -0.2) is 22.1 Å². The number of hydrogen-bond acceptors (Lipinski definition) is 6. The molecule has 6 nitrogen and oxygen atoms in total. The third kappa shape index (κ3) is 12.6. The first-order valence-corrected chi connectivity index (χ1v) is 12.9. The smallest absolute Gasteiger partial charge is 0.230 e. The number of oxazole rings is 1. The number of anilines is 1. The van der Waals surface area contributed by atoms with Crippen LogP contribution in [0.1, 0.15) is 92.2 Å². The summed E-state index contributed by atoms with van der Waals surface area (Å²) < 4.78 is 5.65. The second kappa shape index (κ2) is 18.8. The number of amides is 1. The van der Waals surface area contributed by atoms with E-state index in [1.165, 1.54) is 17.5 Å². The number of aryl methyl sites for hydroxylation is 2. The quantitative estimate of drug-likeness (QED) is 0.378. The number of thiazole rings is 1. The third-order valence-electron chi connectivity index (χ3n) is 4.88. The summed E-state index contributed by atoms with van der Waals surface area (Å²) >= 11 is 1.46. The van der Waals surface area contributed by atoms with E-state index < -0.39 is 0 Å². The van der Waals surface area contributed by atoms with Crippen molar-refractivity contribution in [2.45, 2.75) is 94.4 Å². The van der Waals surface area contributed by atoms with Crippen molar-refractivity contribution in [3.05, 3.63) is 53.3 Å². The maximum Gasteiger partial charge on any atom is 0.230 e. The number of nitrogens with one attached hydrogen (secondary N) is 1. The molecule has 2 rings (SSSR count). The van der Waals surface area contributed by atoms with Crippen LogP contribution >= 0.6 is 11.3 Å². The van der Waals surface area contributed by atoms with Gasteiger partial charge >= 0.3 is 0 Å². The van der Waals surface area contributed by atoms with Crippen molar-refractivity contribution in [1.82, 2.24) is 9.97 Å². The Labute approximate surface area is 211 Å². The van der Waals surface area contributed by atoms with Gasteiger partial charge in [0, 0.05) is 35.3 Å². The van der Waals surface area contributed by atoms with E-state index in [-0.39, 0.29) is 17.7 Å². The van der Waals surface area contributed by atoms with Gasteiger partial charge in [-0.05, 0) is 25.3 Å². The van der Waals surface area contributed by atoms with Crippen LogP contribution in [0.4, 0.5) is 5.13 Å². The summed E-state index contributed by atoms with van der Waals surface area (Å²) in [5, 5.41) is 3.37. The van der Waals surface area contributed by atoms with E-state index >= 15 is 0 Å². The summed E-state index contributed by atoms with van der Waals surface area (Å²) in [7, 11) is 0. The van der Waals surface area contributed by atoms with Crippen LogP contribution in [0.3, 0.4) is 0 Å². The van der Waals surface area contributed by atoms with Crippen LogP contribution in [0.25, 0.3) is 0 Å². The number of carbonyl (C=O) groups excluding carboxylic acids is 1. The second-order valence-corrected chi connectivity index (χ2v) is 8.91. The fourth-order valence-corrected chi connectivity index (χ4v) is 2.87. The monoisotopic (exact) mass is 490 g/mol. The van der Waals surface area contributed by atoms with E-state index in [0.29, 0.717) is 11.0 Å². The Balaban J connectivity index is 0. The molecule has 2 aromatic heterocycles. The van der Waals surface area contributed by atoms with Crippen molar-refractivity contribution in [3.63, 3.8) is 0 Å². The van der Waals surface area contributed by atoms with Gasteiger partial charge in [-0.2, -0.15) is 0 Å². The van der Waals surface area contributed by atoms with Gasteiger partial charge in [-0.1, -0.05) is 75.0 Å². The molecule has 7 heteroatoms. The SMILES string of the molecule is C=CN=C/C(=C\C)CC(=O)Nc1ncc(C)s1.CC.CC.CCc1ncc(C(C)(C)C(C)C)o1. The maximum absolute atomic E-state index is 11.7. The van der Waals surface area contributed by atoms with Crippen LogP contribution in [-0.2, 0) is 16.6 Å². The second-order valence-electron chi connectivity index (χ2n) is 7.67. The van der Waals surface area contributed by atoms with E-state index in [1.54, 1.807) is 12.4 Å². The van der Waals surface area contributed by atoms with Gasteiger partial charge in [-0.15, -0.1) is 11.3 Å². The van der Waals surface area contributed by atoms with Gasteiger partial charge in [-0.25, -0.2) is 9.97 Å². The highest BCUT2D eigenvalue weighted by Crippen LogP contribution is 2.31. The van der Waals surface area contributed by atoms with E-state index in [2.05, 4.69) is 61.5 Å². The minimum atomic E-state index is -0.0945. The lowest BCUT2D eigenvalue weighted by Crippen LogP contribution is -2.23. The van der Waals surface area contributed by atoms with Gasteiger partial charge in [0.2, 0.25) is 5.91 Å². The number of aliphatic imine (C=N–C) groups is 1. The molecule has 0 spiro atoms. The number of carbonyl (C=O) groups is 1. The Hall–Kier alpha value is -2.54. The van der Waals surface area contributed by atoms with E-state index in [4.69, 9.17) is 4.42 Å². The summed E-state index contributed by atoms with van der Waals surface area (Å²) in [4.78, 5) is 24.9. The molecule has 0 aliphatic heterocycles. The number of nitrogens with zero attached hydrogens (tertiary/aromatic N) is 3. The number of allylic oxidation sites excluding steroid dienone is 1. The molecule has 0 saturated heterocycles. The van der Waals surface area contributed by atoms with Crippen molar-refractivity contribution in [3.8, 4) is 0 Å². The summed E-state index contributed by atoms with van der Waals surface area (Å²) in [5.74, 6) is 2.30. The van der Waals surface area contributed by atoms with Crippen molar-refractivity contribution in [2.24, 2.45) is 10.9 Å². The Bertz CT molecular complexity index is 877. The average molecular weight is 491 g/mol. The molecule has 0 bridgehead atoms. The van der Waals surface area contributed by atoms with Gasteiger partial charge in [0.25, 0.3) is 0 Å². The highest BCUT2D eigenvalue weighted by molar-refractivity contribution is 7.15. The molecule has 2 aromatic rings. The first-order chi connectivity index (χ1) is 16.1. The molecule has 0 fully saturated rings. The fourth-order valence-electron chi connectivity index (χ4n) is 2.19. The highest BCUT2D eigenvalue weighted by atomic mass is 32.1. The zero-order valence-electron chi connectivity index (χ0n) is 23.2. The van der Waals surface area contributed by atoms with Crippen molar-refractivity contribution in [2.75, 3.05) is 5.32 Å². The molecule has 192 valence electrons. The molecule has 0 unspecified atom stereocenters. The largest absolute Gasteiger partial charge is 0.445 e.